The van der Waals surface area contributed by atoms with Crippen molar-refractivity contribution >= 4 is 23.3 Å². The highest BCUT2D eigenvalue weighted by atomic mass is 16.2. The Bertz CT molecular complexity index is 1140. The fraction of sp³-hybridized carbons (Fsp3) is 0.308. The van der Waals surface area contributed by atoms with Gasteiger partial charge in [0.05, 0.1) is 11.6 Å². The van der Waals surface area contributed by atoms with Crippen molar-refractivity contribution in [3.8, 4) is 0 Å². The highest BCUT2D eigenvalue weighted by Gasteiger charge is 2.33. The van der Waals surface area contributed by atoms with Crippen molar-refractivity contribution in [2.45, 2.75) is 19.3 Å². The molecule has 0 saturated carbocycles. The summed E-state index contributed by atoms with van der Waals surface area (Å²) in [6, 6.07) is 19.4. The number of amides is 2. The topological polar surface area (TPSA) is 78.4 Å². The molecular weight excluding hydrogens is 414 g/mol. The molecule has 3 heterocycles. The Morgan fingerprint density at radius 1 is 1.03 bits per heavy atom. The van der Waals surface area contributed by atoms with Crippen LogP contribution in [0.5, 0.6) is 0 Å². The summed E-state index contributed by atoms with van der Waals surface area (Å²) in [5.41, 5.74) is 3.72. The number of nitrogens with zero attached hydrogens (tertiary/aromatic N) is 4. The van der Waals surface area contributed by atoms with Crippen LogP contribution in [0.3, 0.4) is 0 Å². The molecule has 2 amide bonds. The molecule has 0 radical (unpaired) electrons. The summed E-state index contributed by atoms with van der Waals surface area (Å²) in [7, 11) is 0. The molecule has 1 atom stereocenters. The fourth-order valence-electron chi connectivity index (χ4n) is 4.57. The summed E-state index contributed by atoms with van der Waals surface area (Å²) in [4.78, 5) is 29.6. The van der Waals surface area contributed by atoms with Gasteiger partial charge in [0.1, 0.15) is 0 Å². The molecule has 7 nitrogen and oxygen atoms in total. The van der Waals surface area contributed by atoms with Crippen LogP contribution in [0.15, 0.2) is 66.9 Å². The number of carbonyl (C=O) groups excluding carboxylic acids is 2. The van der Waals surface area contributed by atoms with Gasteiger partial charge in [-0.15, -0.1) is 5.10 Å². The number of likely N-dealkylation sites (tertiary alicyclic amines) is 1. The van der Waals surface area contributed by atoms with E-state index >= 15 is 0 Å². The van der Waals surface area contributed by atoms with Crippen molar-refractivity contribution in [1.82, 2.24) is 20.4 Å². The van der Waals surface area contributed by atoms with E-state index in [1.165, 1.54) is 5.56 Å². The molecule has 3 aromatic rings. The van der Waals surface area contributed by atoms with E-state index in [0.717, 1.165) is 29.8 Å². The summed E-state index contributed by atoms with van der Waals surface area (Å²) >= 11 is 0. The van der Waals surface area contributed by atoms with Gasteiger partial charge in [0.25, 0.3) is 5.91 Å². The molecule has 1 N–H and O–H groups in total. The second-order valence-electron chi connectivity index (χ2n) is 8.76. The molecule has 2 saturated heterocycles. The van der Waals surface area contributed by atoms with Crippen molar-refractivity contribution < 1.29 is 9.59 Å². The van der Waals surface area contributed by atoms with E-state index in [4.69, 9.17) is 0 Å². The lowest BCUT2D eigenvalue weighted by Crippen LogP contribution is -2.48. The minimum absolute atomic E-state index is 0.0342. The van der Waals surface area contributed by atoms with Gasteiger partial charge in [-0.25, -0.2) is 0 Å². The molecule has 0 bridgehead atoms. The minimum Gasteiger partial charge on any atom is -0.337 e. The molecule has 1 aromatic heterocycles. The predicted molar refractivity (Wildman–Crippen MR) is 126 cm³/mol. The molecule has 0 spiro atoms. The third kappa shape index (κ3) is 4.24. The largest absolute Gasteiger partial charge is 0.337 e. The first kappa shape index (κ1) is 21.3. The van der Waals surface area contributed by atoms with Crippen LogP contribution in [0, 0.1) is 12.8 Å². The highest BCUT2D eigenvalue weighted by Crippen LogP contribution is 2.32. The standard InChI is InChI=1S/C26H27N5O2/c1-18-5-2-3-6-23(18)26(33)30-16-21(17-30)19-8-10-22(11-9-19)31(24-7-4-13-28-29-24)25(32)20-12-14-27-15-20/h2-11,13,20-21,27H,12,14-17H2,1H3/t20-/m0/s1. The van der Waals surface area contributed by atoms with E-state index < -0.39 is 0 Å². The monoisotopic (exact) mass is 441 g/mol. The van der Waals surface area contributed by atoms with Crippen LogP contribution in [-0.2, 0) is 4.79 Å². The lowest BCUT2D eigenvalue weighted by atomic mass is 9.90. The summed E-state index contributed by atoms with van der Waals surface area (Å²) in [5.74, 6) is 0.879. The van der Waals surface area contributed by atoms with Crippen LogP contribution in [-0.4, -0.2) is 53.1 Å². The van der Waals surface area contributed by atoms with Gasteiger partial charge in [0.2, 0.25) is 5.91 Å². The van der Waals surface area contributed by atoms with E-state index in [2.05, 4.69) is 27.6 Å². The molecule has 0 aliphatic carbocycles. The average Bonchev–Trinajstić information content (AvgIpc) is 3.35. The van der Waals surface area contributed by atoms with Gasteiger partial charge in [0, 0.05) is 37.3 Å². The van der Waals surface area contributed by atoms with E-state index in [0.29, 0.717) is 31.4 Å². The Hall–Kier alpha value is -3.58. The van der Waals surface area contributed by atoms with E-state index in [9.17, 15) is 9.59 Å². The zero-order valence-corrected chi connectivity index (χ0v) is 18.6. The number of benzene rings is 2. The van der Waals surface area contributed by atoms with Gasteiger partial charge < -0.3 is 10.2 Å². The van der Waals surface area contributed by atoms with Crippen LogP contribution in [0.1, 0.15) is 33.8 Å². The Morgan fingerprint density at radius 2 is 1.82 bits per heavy atom. The summed E-state index contributed by atoms with van der Waals surface area (Å²) in [6.45, 7) is 4.90. The fourth-order valence-corrected chi connectivity index (χ4v) is 4.57. The number of aromatic nitrogens is 2. The van der Waals surface area contributed by atoms with E-state index in [1.54, 1.807) is 17.2 Å². The van der Waals surface area contributed by atoms with Crippen molar-refractivity contribution in [1.29, 1.82) is 0 Å². The quantitative estimate of drug-likeness (QED) is 0.657. The molecule has 5 rings (SSSR count). The smallest absolute Gasteiger partial charge is 0.254 e. The third-order valence-corrected chi connectivity index (χ3v) is 6.58. The first-order valence-corrected chi connectivity index (χ1v) is 11.4. The van der Waals surface area contributed by atoms with Crippen molar-refractivity contribution in [2.24, 2.45) is 5.92 Å². The van der Waals surface area contributed by atoms with E-state index in [1.807, 2.05) is 54.3 Å². The molecule has 2 fully saturated rings. The Kier molecular flexibility index (Phi) is 5.88. The summed E-state index contributed by atoms with van der Waals surface area (Å²) < 4.78 is 0. The van der Waals surface area contributed by atoms with Gasteiger partial charge in [-0.1, -0.05) is 30.3 Å². The molecule has 0 unspecified atom stereocenters. The normalized spacial score (nSPS) is 18.1. The second-order valence-corrected chi connectivity index (χ2v) is 8.76. The molecule has 7 heteroatoms. The lowest BCUT2D eigenvalue weighted by molar-refractivity contribution is -0.121. The summed E-state index contributed by atoms with van der Waals surface area (Å²) in [5, 5.41) is 11.4. The zero-order chi connectivity index (χ0) is 22.8. The zero-order valence-electron chi connectivity index (χ0n) is 18.6. The number of hydrogen-bond donors (Lipinski definition) is 1. The molecule has 2 aliphatic heterocycles. The molecule has 33 heavy (non-hydrogen) atoms. The Morgan fingerprint density at radius 3 is 2.48 bits per heavy atom. The van der Waals surface area contributed by atoms with Gasteiger partial charge in [-0.2, -0.15) is 5.10 Å². The maximum atomic E-state index is 13.3. The van der Waals surface area contributed by atoms with Gasteiger partial charge in [-0.3, -0.25) is 14.5 Å². The van der Waals surface area contributed by atoms with Gasteiger partial charge in [0.15, 0.2) is 5.82 Å². The number of hydrogen-bond acceptors (Lipinski definition) is 5. The molecular formula is C26H27N5O2. The lowest BCUT2D eigenvalue weighted by Gasteiger charge is -2.40. The Labute approximate surface area is 193 Å². The second kappa shape index (κ2) is 9.11. The van der Waals surface area contributed by atoms with Crippen LogP contribution < -0.4 is 10.2 Å². The van der Waals surface area contributed by atoms with Crippen molar-refractivity contribution in [3.63, 3.8) is 0 Å². The van der Waals surface area contributed by atoms with Crippen LogP contribution >= 0.6 is 0 Å². The van der Waals surface area contributed by atoms with Crippen LogP contribution in [0.25, 0.3) is 0 Å². The number of aryl methyl sites for hydroxylation is 1. The van der Waals surface area contributed by atoms with Crippen molar-refractivity contribution in [3.05, 3.63) is 83.6 Å². The van der Waals surface area contributed by atoms with Crippen LogP contribution in [0.4, 0.5) is 11.5 Å². The summed E-state index contributed by atoms with van der Waals surface area (Å²) in [6.07, 6.45) is 2.42. The average molecular weight is 442 g/mol. The number of rotatable bonds is 5. The van der Waals surface area contributed by atoms with E-state index in [-0.39, 0.29) is 17.7 Å². The van der Waals surface area contributed by atoms with Crippen molar-refractivity contribution in [2.75, 3.05) is 31.1 Å². The predicted octanol–water partition coefficient (Wildman–Crippen LogP) is 3.30. The maximum absolute atomic E-state index is 13.3. The highest BCUT2D eigenvalue weighted by molar-refractivity contribution is 6.01. The maximum Gasteiger partial charge on any atom is 0.254 e. The third-order valence-electron chi connectivity index (χ3n) is 6.58. The minimum atomic E-state index is -0.0701. The first-order chi connectivity index (χ1) is 16.1. The van der Waals surface area contributed by atoms with Gasteiger partial charge >= 0.3 is 0 Å². The number of nitrogens with one attached hydrogen (secondary N) is 1. The number of anilines is 2. The molecule has 168 valence electrons. The van der Waals surface area contributed by atoms with Gasteiger partial charge in [-0.05, 0) is 61.3 Å². The van der Waals surface area contributed by atoms with Crippen LogP contribution in [0.2, 0.25) is 0 Å². The first-order valence-electron chi connectivity index (χ1n) is 11.4. The molecule has 2 aliphatic rings. The SMILES string of the molecule is Cc1ccccc1C(=O)N1CC(c2ccc(N(C(=O)[C@H]3CCNC3)c3cccnn3)cc2)C1. The Balaban J connectivity index is 1.30. The number of carbonyl (C=O) groups is 2. The molecule has 2 aromatic carbocycles.